The van der Waals surface area contributed by atoms with Crippen molar-refractivity contribution in [1.82, 2.24) is 0 Å². The molecule has 0 aromatic heterocycles. The van der Waals surface area contributed by atoms with Gasteiger partial charge < -0.3 is 19.3 Å². The van der Waals surface area contributed by atoms with Gasteiger partial charge in [-0.15, -0.1) is 0 Å². The van der Waals surface area contributed by atoms with Crippen LogP contribution in [0.2, 0.25) is 0 Å². The van der Waals surface area contributed by atoms with E-state index >= 15 is 0 Å². The fourth-order valence-electron chi connectivity index (χ4n) is 3.36. The van der Waals surface area contributed by atoms with Crippen molar-refractivity contribution in [1.29, 1.82) is 0 Å². The number of hydrogen-bond donors (Lipinski definition) is 1. The molecule has 0 amide bonds. The zero-order valence-electron chi connectivity index (χ0n) is 20.4. The SMILES string of the molecule is CC(=O)Oc1ccc(-c2ccc(OCc3ccc(C(F)(F)F)c(O)c3C(=O)OC(C)(C)C)cc2)cc1F. The predicted octanol–water partition coefficient (Wildman–Crippen LogP) is 6.68. The molecule has 0 atom stereocenters. The molecule has 3 aromatic carbocycles. The number of halogens is 4. The zero-order valence-corrected chi connectivity index (χ0v) is 20.4. The van der Waals surface area contributed by atoms with E-state index in [0.29, 0.717) is 22.9 Å². The molecule has 10 heteroatoms. The lowest BCUT2D eigenvalue weighted by Gasteiger charge is -2.22. The molecule has 1 N–H and O–H groups in total. The first kappa shape index (κ1) is 27.5. The van der Waals surface area contributed by atoms with Gasteiger partial charge in [0.05, 0.1) is 5.56 Å². The largest absolute Gasteiger partial charge is 0.506 e. The van der Waals surface area contributed by atoms with E-state index in [1.165, 1.54) is 12.1 Å². The first-order chi connectivity index (χ1) is 17.2. The van der Waals surface area contributed by atoms with Crippen LogP contribution in [0.1, 0.15) is 49.2 Å². The zero-order chi connectivity index (χ0) is 27.5. The lowest BCUT2D eigenvalue weighted by atomic mass is 10.0. The summed E-state index contributed by atoms with van der Waals surface area (Å²) < 4.78 is 69.7. The van der Waals surface area contributed by atoms with Gasteiger partial charge in [-0.05, 0) is 62.2 Å². The molecule has 196 valence electrons. The number of carbonyl (C=O) groups excluding carboxylic acids is 2. The highest BCUT2D eigenvalue weighted by Crippen LogP contribution is 2.39. The second kappa shape index (κ2) is 10.5. The smallest absolute Gasteiger partial charge is 0.419 e. The fraction of sp³-hybridized carbons (Fsp3) is 0.259. The summed E-state index contributed by atoms with van der Waals surface area (Å²) in [5, 5.41) is 10.3. The lowest BCUT2D eigenvalue weighted by molar-refractivity contribution is -0.138. The molecule has 3 aromatic rings. The minimum absolute atomic E-state index is 0.00745. The van der Waals surface area contributed by atoms with Gasteiger partial charge in [-0.25, -0.2) is 9.18 Å². The van der Waals surface area contributed by atoms with E-state index in [2.05, 4.69) is 0 Å². The normalized spacial score (nSPS) is 11.7. The molecule has 0 aliphatic rings. The van der Waals surface area contributed by atoms with E-state index in [4.69, 9.17) is 14.2 Å². The molecule has 0 bridgehead atoms. The van der Waals surface area contributed by atoms with Crippen LogP contribution in [0.4, 0.5) is 17.6 Å². The van der Waals surface area contributed by atoms with Crippen LogP contribution < -0.4 is 9.47 Å². The first-order valence-corrected chi connectivity index (χ1v) is 11.0. The maximum atomic E-state index is 14.2. The molecule has 0 unspecified atom stereocenters. The van der Waals surface area contributed by atoms with Crippen molar-refractivity contribution in [3.63, 3.8) is 0 Å². The monoisotopic (exact) mass is 520 g/mol. The number of alkyl halides is 3. The Morgan fingerprint density at radius 2 is 1.54 bits per heavy atom. The maximum Gasteiger partial charge on any atom is 0.419 e. The third kappa shape index (κ3) is 6.99. The number of esters is 2. The highest BCUT2D eigenvalue weighted by Gasteiger charge is 2.37. The number of ether oxygens (including phenoxy) is 3. The molecule has 0 spiro atoms. The number of phenols is 1. The molecule has 6 nitrogen and oxygen atoms in total. The van der Waals surface area contributed by atoms with Gasteiger partial charge in [-0.3, -0.25) is 4.79 Å². The molecule has 3 rings (SSSR count). The Kier molecular flexibility index (Phi) is 7.80. The maximum absolute atomic E-state index is 14.2. The van der Waals surface area contributed by atoms with E-state index in [1.54, 1.807) is 51.1 Å². The quantitative estimate of drug-likeness (QED) is 0.222. The molecule has 0 radical (unpaired) electrons. The van der Waals surface area contributed by atoms with Gasteiger partial charge in [0.15, 0.2) is 11.6 Å². The van der Waals surface area contributed by atoms with E-state index in [0.717, 1.165) is 13.0 Å². The van der Waals surface area contributed by atoms with E-state index in [9.17, 15) is 32.3 Å². The van der Waals surface area contributed by atoms with Crippen molar-refractivity contribution < 1.29 is 46.5 Å². The van der Waals surface area contributed by atoms with Crippen molar-refractivity contribution in [2.24, 2.45) is 0 Å². The Morgan fingerprint density at radius 1 is 0.919 bits per heavy atom. The average molecular weight is 520 g/mol. The summed E-state index contributed by atoms with van der Waals surface area (Å²) >= 11 is 0. The Morgan fingerprint density at radius 3 is 2.08 bits per heavy atom. The van der Waals surface area contributed by atoms with Crippen molar-refractivity contribution >= 4 is 11.9 Å². The third-order valence-electron chi connectivity index (χ3n) is 4.94. The van der Waals surface area contributed by atoms with Gasteiger partial charge in [0, 0.05) is 12.5 Å². The number of hydrogen-bond acceptors (Lipinski definition) is 6. The van der Waals surface area contributed by atoms with Crippen LogP contribution in [0, 0.1) is 5.82 Å². The van der Waals surface area contributed by atoms with Crippen LogP contribution in [-0.2, 0) is 22.3 Å². The van der Waals surface area contributed by atoms with E-state index < -0.39 is 46.4 Å². The topological polar surface area (TPSA) is 82.1 Å². The number of benzene rings is 3. The summed E-state index contributed by atoms with van der Waals surface area (Å²) in [4.78, 5) is 23.7. The van der Waals surface area contributed by atoms with Crippen LogP contribution in [0.25, 0.3) is 11.1 Å². The first-order valence-electron chi connectivity index (χ1n) is 11.0. The van der Waals surface area contributed by atoms with Crippen molar-refractivity contribution in [3.05, 3.63) is 77.1 Å². The number of phenolic OH excluding ortho intramolecular Hbond substituents is 1. The molecule has 0 heterocycles. The molecule has 0 aliphatic carbocycles. The van der Waals surface area contributed by atoms with Gasteiger partial charge >= 0.3 is 18.1 Å². The fourth-order valence-corrected chi connectivity index (χ4v) is 3.36. The van der Waals surface area contributed by atoms with Crippen LogP contribution in [-0.4, -0.2) is 22.6 Å². The minimum atomic E-state index is -4.88. The molecule has 0 fully saturated rings. The predicted molar refractivity (Wildman–Crippen MR) is 126 cm³/mol. The highest BCUT2D eigenvalue weighted by molar-refractivity contribution is 5.95. The van der Waals surface area contributed by atoms with E-state index in [-0.39, 0.29) is 17.9 Å². The standard InChI is InChI=1S/C27H24F4O6/c1-15(32)36-22-12-8-17(13-21(22)28)16-5-9-19(10-6-16)35-14-18-7-11-20(27(29,30)31)24(33)23(18)25(34)37-26(2,3)4/h5-13,33H,14H2,1-4H3. The molecule has 0 aliphatic heterocycles. The summed E-state index contributed by atoms with van der Waals surface area (Å²) in [5.41, 5.74) is -1.91. The van der Waals surface area contributed by atoms with Gasteiger partial charge in [-0.1, -0.05) is 24.3 Å². The molecule has 0 saturated carbocycles. The number of rotatable bonds is 6. The summed E-state index contributed by atoms with van der Waals surface area (Å²) in [5.74, 6) is -3.62. The summed E-state index contributed by atoms with van der Waals surface area (Å²) in [7, 11) is 0. The van der Waals surface area contributed by atoms with E-state index in [1.807, 2.05) is 0 Å². The van der Waals surface area contributed by atoms with Crippen molar-refractivity contribution in [2.75, 3.05) is 0 Å². The van der Waals surface area contributed by atoms with Crippen LogP contribution >= 0.6 is 0 Å². The Bertz CT molecular complexity index is 1310. The third-order valence-corrected chi connectivity index (χ3v) is 4.94. The number of aromatic hydroxyl groups is 1. The minimum Gasteiger partial charge on any atom is -0.506 e. The van der Waals surface area contributed by atoms with Crippen LogP contribution in [0.15, 0.2) is 54.6 Å². The van der Waals surface area contributed by atoms with Gasteiger partial charge in [0.2, 0.25) is 0 Å². The molecular weight excluding hydrogens is 496 g/mol. The average Bonchev–Trinajstić information content (AvgIpc) is 2.77. The second-order valence-corrected chi connectivity index (χ2v) is 9.05. The Hall–Kier alpha value is -4.08. The molecule has 37 heavy (non-hydrogen) atoms. The van der Waals surface area contributed by atoms with Gasteiger partial charge in [0.25, 0.3) is 0 Å². The highest BCUT2D eigenvalue weighted by atomic mass is 19.4. The Labute approximate surface area is 210 Å². The van der Waals surface area contributed by atoms with Gasteiger partial charge in [-0.2, -0.15) is 13.2 Å². The summed E-state index contributed by atoms with van der Waals surface area (Å²) in [6, 6.07) is 12.1. The Balaban J connectivity index is 1.83. The molecular formula is C27H24F4O6. The summed E-state index contributed by atoms with van der Waals surface area (Å²) in [6.45, 7) is 5.45. The summed E-state index contributed by atoms with van der Waals surface area (Å²) in [6.07, 6.45) is -4.88. The lowest BCUT2D eigenvalue weighted by Crippen LogP contribution is -2.25. The van der Waals surface area contributed by atoms with Crippen LogP contribution in [0.3, 0.4) is 0 Å². The van der Waals surface area contributed by atoms with Crippen LogP contribution in [0.5, 0.6) is 17.2 Å². The van der Waals surface area contributed by atoms with Crippen molar-refractivity contribution in [3.8, 4) is 28.4 Å². The van der Waals surface area contributed by atoms with Crippen molar-refractivity contribution in [2.45, 2.75) is 46.1 Å². The number of carbonyl (C=O) groups is 2. The van der Waals surface area contributed by atoms with Gasteiger partial charge in [0.1, 0.15) is 29.3 Å². The second-order valence-electron chi connectivity index (χ2n) is 9.05. The molecule has 0 saturated heterocycles.